The Kier molecular flexibility index (Phi) is 3.99. The molecule has 0 saturated carbocycles. The predicted octanol–water partition coefficient (Wildman–Crippen LogP) is 0.0890. The maximum Gasteiger partial charge on any atom is 0.250 e. The van der Waals surface area contributed by atoms with Gasteiger partial charge >= 0.3 is 0 Å². The first-order valence-electron chi connectivity index (χ1n) is 3.06. The van der Waals surface area contributed by atoms with Crippen molar-refractivity contribution < 1.29 is 14.3 Å². The molecular formula is C6H13NO3. The summed E-state index contributed by atoms with van der Waals surface area (Å²) in [6.07, 6.45) is 1.12. The van der Waals surface area contributed by atoms with Crippen LogP contribution in [0.2, 0.25) is 0 Å². The van der Waals surface area contributed by atoms with Gasteiger partial charge in [0.05, 0.1) is 0 Å². The summed E-state index contributed by atoms with van der Waals surface area (Å²) in [4.78, 5) is 10.0. The summed E-state index contributed by atoms with van der Waals surface area (Å²) in [7, 11) is 2.95. The predicted molar refractivity (Wildman–Crippen MR) is 36.2 cm³/mol. The lowest BCUT2D eigenvalue weighted by atomic mass is 10.3. The Morgan fingerprint density at radius 1 is 1.50 bits per heavy atom. The minimum Gasteiger partial charge on any atom is -0.336 e. The van der Waals surface area contributed by atoms with E-state index in [0.717, 1.165) is 0 Å². The number of methoxy groups -OCH3 is 2. The third kappa shape index (κ3) is 1.97. The summed E-state index contributed by atoms with van der Waals surface area (Å²) in [6, 6.07) is 0. The van der Waals surface area contributed by atoms with Gasteiger partial charge in [0, 0.05) is 20.6 Å². The van der Waals surface area contributed by atoms with E-state index in [1.54, 1.807) is 0 Å². The molecule has 0 rings (SSSR count). The van der Waals surface area contributed by atoms with E-state index in [-0.39, 0.29) is 0 Å². The lowest BCUT2D eigenvalue weighted by molar-refractivity contribution is -0.225. The summed E-state index contributed by atoms with van der Waals surface area (Å²) < 4.78 is 9.82. The van der Waals surface area contributed by atoms with Gasteiger partial charge in [-0.25, -0.2) is 0 Å². The van der Waals surface area contributed by atoms with Crippen molar-refractivity contribution in [2.24, 2.45) is 0 Å². The summed E-state index contributed by atoms with van der Waals surface area (Å²) in [5, 5.41) is 2.42. The largest absolute Gasteiger partial charge is 0.336 e. The van der Waals surface area contributed by atoms with E-state index in [2.05, 4.69) is 5.32 Å². The molecule has 0 saturated heterocycles. The molecule has 0 heterocycles. The van der Waals surface area contributed by atoms with Crippen LogP contribution in [0.1, 0.15) is 13.3 Å². The van der Waals surface area contributed by atoms with Gasteiger partial charge in [-0.15, -0.1) is 0 Å². The molecule has 0 unspecified atom stereocenters. The number of rotatable bonds is 5. The Bertz CT molecular complexity index is 92.9. The number of carbonyl (C=O) groups excluding carboxylic acids is 1. The standard InChI is InChI=1S/C6H13NO3/c1-4-6(9-2,10-3)7-5-8/h5H,4H2,1-3H3,(H,7,8). The van der Waals surface area contributed by atoms with Crippen LogP contribution in [0.4, 0.5) is 0 Å². The maximum absolute atomic E-state index is 10.0. The zero-order valence-corrected chi connectivity index (χ0v) is 6.51. The Labute approximate surface area is 60.5 Å². The van der Waals surface area contributed by atoms with Gasteiger partial charge in [-0.05, 0) is 0 Å². The molecule has 60 valence electrons. The van der Waals surface area contributed by atoms with Crippen molar-refractivity contribution in [1.82, 2.24) is 5.32 Å². The minimum absolute atomic E-state index is 0.552. The molecule has 0 atom stereocenters. The Morgan fingerprint density at radius 3 is 2.10 bits per heavy atom. The van der Waals surface area contributed by atoms with Gasteiger partial charge in [0.25, 0.3) is 0 Å². The van der Waals surface area contributed by atoms with Crippen LogP contribution in [0.25, 0.3) is 0 Å². The molecule has 10 heavy (non-hydrogen) atoms. The van der Waals surface area contributed by atoms with Crippen molar-refractivity contribution in [3.63, 3.8) is 0 Å². The van der Waals surface area contributed by atoms with E-state index in [4.69, 9.17) is 9.47 Å². The van der Waals surface area contributed by atoms with Gasteiger partial charge in [0.2, 0.25) is 12.3 Å². The Morgan fingerprint density at radius 2 is 2.00 bits per heavy atom. The summed E-state index contributed by atoms with van der Waals surface area (Å²) in [5.41, 5.74) is 0. The van der Waals surface area contributed by atoms with Crippen molar-refractivity contribution in [2.45, 2.75) is 19.3 Å². The van der Waals surface area contributed by atoms with Gasteiger partial charge in [0.1, 0.15) is 0 Å². The molecule has 1 N–H and O–H groups in total. The molecule has 0 aliphatic rings. The fourth-order valence-electron chi connectivity index (χ4n) is 0.682. The van der Waals surface area contributed by atoms with E-state index in [9.17, 15) is 4.79 Å². The lowest BCUT2D eigenvalue weighted by Crippen LogP contribution is -2.47. The second kappa shape index (κ2) is 4.24. The van der Waals surface area contributed by atoms with Gasteiger partial charge in [-0.3, -0.25) is 4.79 Å². The summed E-state index contributed by atoms with van der Waals surface area (Å²) >= 11 is 0. The molecule has 0 aromatic carbocycles. The van der Waals surface area contributed by atoms with E-state index >= 15 is 0 Å². The van der Waals surface area contributed by atoms with E-state index in [1.807, 2.05) is 6.92 Å². The smallest absolute Gasteiger partial charge is 0.250 e. The van der Waals surface area contributed by atoms with E-state index in [0.29, 0.717) is 12.8 Å². The average molecular weight is 147 g/mol. The first-order valence-corrected chi connectivity index (χ1v) is 3.06. The molecule has 0 radical (unpaired) electrons. The van der Waals surface area contributed by atoms with Crippen LogP contribution >= 0.6 is 0 Å². The molecule has 0 spiro atoms. The number of nitrogens with one attached hydrogen (secondary N) is 1. The second-order valence-corrected chi connectivity index (χ2v) is 1.78. The van der Waals surface area contributed by atoms with Crippen LogP contribution in [0, 0.1) is 0 Å². The highest BCUT2D eigenvalue weighted by molar-refractivity contribution is 5.46. The number of hydrogen-bond acceptors (Lipinski definition) is 3. The molecule has 0 aromatic heterocycles. The fraction of sp³-hybridized carbons (Fsp3) is 0.833. The quantitative estimate of drug-likeness (QED) is 0.443. The van der Waals surface area contributed by atoms with Crippen molar-refractivity contribution in [3.05, 3.63) is 0 Å². The lowest BCUT2D eigenvalue weighted by Gasteiger charge is -2.27. The molecule has 0 fully saturated rings. The molecule has 1 amide bonds. The third-order valence-corrected chi connectivity index (χ3v) is 1.40. The first kappa shape index (κ1) is 9.39. The molecule has 4 nitrogen and oxygen atoms in total. The van der Waals surface area contributed by atoms with Crippen LogP contribution in [-0.4, -0.2) is 26.5 Å². The van der Waals surface area contributed by atoms with Crippen molar-refractivity contribution in [2.75, 3.05) is 14.2 Å². The molecule has 4 heteroatoms. The van der Waals surface area contributed by atoms with E-state index in [1.165, 1.54) is 14.2 Å². The molecule has 0 bridgehead atoms. The Hall–Kier alpha value is -0.610. The van der Waals surface area contributed by atoms with Crippen molar-refractivity contribution in [3.8, 4) is 0 Å². The van der Waals surface area contributed by atoms with Gasteiger partial charge in [-0.2, -0.15) is 0 Å². The summed E-state index contributed by atoms with van der Waals surface area (Å²) in [5.74, 6) is -0.943. The van der Waals surface area contributed by atoms with Gasteiger partial charge < -0.3 is 14.8 Å². The summed E-state index contributed by atoms with van der Waals surface area (Å²) in [6.45, 7) is 1.85. The zero-order chi connectivity index (χ0) is 8.04. The van der Waals surface area contributed by atoms with Crippen LogP contribution in [0.5, 0.6) is 0 Å². The SMILES string of the molecule is CCC(NC=O)(OC)OC. The highest BCUT2D eigenvalue weighted by Gasteiger charge is 2.25. The highest BCUT2D eigenvalue weighted by Crippen LogP contribution is 2.09. The minimum atomic E-state index is -0.943. The fourth-order valence-corrected chi connectivity index (χ4v) is 0.682. The number of ether oxygens (including phenoxy) is 2. The van der Waals surface area contributed by atoms with Crippen molar-refractivity contribution >= 4 is 6.41 Å². The van der Waals surface area contributed by atoms with Crippen LogP contribution in [0.3, 0.4) is 0 Å². The zero-order valence-electron chi connectivity index (χ0n) is 6.51. The highest BCUT2D eigenvalue weighted by atomic mass is 16.7. The molecule has 0 aliphatic heterocycles. The maximum atomic E-state index is 10.0. The number of amides is 1. The van der Waals surface area contributed by atoms with Crippen molar-refractivity contribution in [1.29, 1.82) is 0 Å². The van der Waals surface area contributed by atoms with Crippen LogP contribution in [-0.2, 0) is 14.3 Å². The normalized spacial score (nSPS) is 11.1. The number of hydrogen-bond donors (Lipinski definition) is 1. The number of carbonyl (C=O) groups is 1. The topological polar surface area (TPSA) is 47.6 Å². The Balaban J connectivity index is 4.00. The van der Waals surface area contributed by atoms with Gasteiger partial charge in [-0.1, -0.05) is 6.92 Å². The first-order chi connectivity index (χ1) is 4.74. The molecule has 0 aromatic rings. The third-order valence-electron chi connectivity index (χ3n) is 1.40. The molecule has 0 aliphatic carbocycles. The molecular weight excluding hydrogens is 134 g/mol. The monoisotopic (exact) mass is 147 g/mol. The van der Waals surface area contributed by atoms with E-state index < -0.39 is 5.91 Å². The van der Waals surface area contributed by atoms with Crippen LogP contribution < -0.4 is 5.32 Å². The second-order valence-electron chi connectivity index (χ2n) is 1.78. The average Bonchev–Trinajstić information content (AvgIpc) is 2.01. The van der Waals surface area contributed by atoms with Crippen LogP contribution in [0.15, 0.2) is 0 Å². The van der Waals surface area contributed by atoms with Gasteiger partial charge in [0.15, 0.2) is 0 Å².